The predicted molar refractivity (Wildman–Crippen MR) is 23.9 cm³/mol. The van der Waals surface area contributed by atoms with Gasteiger partial charge in [-0.25, -0.2) is 0 Å². The minimum absolute atomic E-state index is 0.882. The van der Waals surface area contributed by atoms with Crippen molar-refractivity contribution < 1.29 is 21.1 Å². The monoisotopic (exact) mass is 185 g/mol. The van der Waals surface area contributed by atoms with Gasteiger partial charge in [0.15, 0.2) is 0 Å². The second-order valence-corrected chi connectivity index (χ2v) is 1.87. The summed E-state index contributed by atoms with van der Waals surface area (Å²) >= 11 is 3.22. The summed E-state index contributed by atoms with van der Waals surface area (Å²) in [6.07, 6.45) is 1.74. The summed E-state index contributed by atoms with van der Waals surface area (Å²) in [7, 11) is 0. The standard InChI is InChI=1S/C5H4N.Ag/c1-2-4-6-5-3-1;/h1-4H;. The first kappa shape index (κ1) is 5.04. The van der Waals surface area contributed by atoms with Gasteiger partial charge in [-0.2, -0.15) is 0 Å². The van der Waals surface area contributed by atoms with Crippen molar-refractivity contribution >= 4 is 3.91 Å². The van der Waals surface area contributed by atoms with E-state index in [1.54, 1.807) is 6.20 Å². The molecule has 0 N–H and O–H groups in total. The molecule has 2 heteroatoms. The maximum atomic E-state index is 3.89. The number of pyridine rings is 1. The molecule has 0 amide bonds. The van der Waals surface area contributed by atoms with E-state index in [-0.39, 0.29) is 0 Å². The fourth-order valence-corrected chi connectivity index (χ4v) is 0.582. The Labute approximate surface area is 54.7 Å². The van der Waals surface area contributed by atoms with Crippen LogP contribution in [0.3, 0.4) is 0 Å². The fraction of sp³-hybridized carbons (Fsp3) is 0. The van der Waals surface area contributed by atoms with Gasteiger partial charge in [-0.05, 0) is 0 Å². The van der Waals surface area contributed by atoms with Crippen LogP contribution < -0.4 is 3.91 Å². The van der Waals surface area contributed by atoms with Crippen LogP contribution in [0.4, 0.5) is 0 Å². The van der Waals surface area contributed by atoms with E-state index in [0.717, 1.165) is 3.91 Å². The summed E-state index contributed by atoms with van der Waals surface area (Å²) in [5.74, 6) is 0. The van der Waals surface area contributed by atoms with Crippen molar-refractivity contribution in [3.63, 3.8) is 0 Å². The Morgan fingerprint density at radius 1 is 1.43 bits per heavy atom. The zero-order chi connectivity index (χ0) is 5.11. The van der Waals surface area contributed by atoms with Gasteiger partial charge in [0.25, 0.3) is 0 Å². The Morgan fingerprint density at radius 2 is 2.29 bits per heavy atom. The van der Waals surface area contributed by atoms with E-state index in [0.29, 0.717) is 0 Å². The zero-order valence-electron chi connectivity index (χ0n) is 3.56. The third-order valence-electron chi connectivity index (χ3n) is 0.606. The molecule has 0 saturated heterocycles. The molecule has 0 saturated carbocycles. The van der Waals surface area contributed by atoms with E-state index in [1.165, 1.54) is 0 Å². The first-order valence-corrected chi connectivity index (χ1v) is 2.66. The fourth-order valence-electron chi connectivity index (χ4n) is 0.329. The van der Waals surface area contributed by atoms with Crippen LogP contribution in [-0.2, 0) is 21.1 Å². The van der Waals surface area contributed by atoms with Crippen molar-refractivity contribution in [1.29, 1.82) is 0 Å². The van der Waals surface area contributed by atoms with Crippen molar-refractivity contribution in [2.45, 2.75) is 0 Å². The molecular weight excluding hydrogens is 182 g/mol. The van der Waals surface area contributed by atoms with E-state index in [1.807, 2.05) is 18.2 Å². The molecule has 1 aromatic heterocycles. The molecule has 0 fully saturated rings. The van der Waals surface area contributed by atoms with Crippen LogP contribution in [0.2, 0.25) is 0 Å². The van der Waals surface area contributed by atoms with Gasteiger partial charge < -0.3 is 0 Å². The van der Waals surface area contributed by atoms with Crippen molar-refractivity contribution in [3.05, 3.63) is 24.4 Å². The summed E-state index contributed by atoms with van der Waals surface area (Å²) in [5, 5.41) is 0. The Morgan fingerprint density at radius 3 is 2.57 bits per heavy atom. The SMILES string of the molecule is [Ag][c]1ccccn1. The molecule has 0 aliphatic heterocycles. The topological polar surface area (TPSA) is 12.9 Å². The summed E-state index contributed by atoms with van der Waals surface area (Å²) in [5.41, 5.74) is 0. The number of hydrogen-bond acceptors (Lipinski definition) is 1. The van der Waals surface area contributed by atoms with E-state index in [4.69, 9.17) is 0 Å². The van der Waals surface area contributed by atoms with E-state index in [9.17, 15) is 0 Å². The van der Waals surface area contributed by atoms with Crippen LogP contribution in [0.5, 0.6) is 0 Å². The van der Waals surface area contributed by atoms with E-state index < -0.39 is 0 Å². The number of hydrogen-bond donors (Lipinski definition) is 0. The van der Waals surface area contributed by atoms with Gasteiger partial charge in [-0.3, -0.25) is 0 Å². The van der Waals surface area contributed by atoms with Gasteiger partial charge in [0.1, 0.15) is 0 Å². The molecule has 0 radical (unpaired) electrons. The number of nitrogens with zero attached hydrogens (tertiary/aromatic N) is 1. The molecule has 1 rings (SSSR count). The van der Waals surface area contributed by atoms with Crippen molar-refractivity contribution in [1.82, 2.24) is 4.98 Å². The molecule has 1 nitrogen and oxygen atoms in total. The van der Waals surface area contributed by atoms with Gasteiger partial charge in [0.2, 0.25) is 0 Å². The molecule has 0 bridgehead atoms. The summed E-state index contributed by atoms with van der Waals surface area (Å²) in [6.45, 7) is 0. The van der Waals surface area contributed by atoms with E-state index in [2.05, 4.69) is 26.1 Å². The van der Waals surface area contributed by atoms with Crippen LogP contribution in [-0.4, -0.2) is 4.98 Å². The first-order valence-electron chi connectivity index (χ1n) is 1.92. The van der Waals surface area contributed by atoms with Crippen LogP contribution in [0.1, 0.15) is 0 Å². The average molecular weight is 186 g/mol. The first-order chi connectivity index (χ1) is 3.39. The second-order valence-electron chi connectivity index (χ2n) is 1.11. The second kappa shape index (κ2) is 2.26. The molecule has 1 aromatic rings. The Balaban J connectivity index is 3.02. The maximum absolute atomic E-state index is 3.89. The van der Waals surface area contributed by atoms with Crippen molar-refractivity contribution in [2.24, 2.45) is 0 Å². The average Bonchev–Trinajstić information content (AvgIpc) is 1.69. The predicted octanol–water partition coefficient (Wildman–Crippen LogP) is 0.254. The molecule has 7 heavy (non-hydrogen) atoms. The molecule has 40 valence electrons. The summed E-state index contributed by atoms with van der Waals surface area (Å²) < 4.78 is 0.882. The van der Waals surface area contributed by atoms with E-state index >= 15 is 0 Å². The van der Waals surface area contributed by atoms with Crippen molar-refractivity contribution in [2.75, 3.05) is 0 Å². The molecule has 0 unspecified atom stereocenters. The third-order valence-corrected chi connectivity index (χ3v) is 1.04. The van der Waals surface area contributed by atoms with Crippen molar-refractivity contribution in [3.8, 4) is 0 Å². The molecule has 0 aliphatic carbocycles. The number of aromatic nitrogens is 1. The Bertz CT molecular complexity index is 138. The van der Waals surface area contributed by atoms with Gasteiger partial charge in [-0.1, -0.05) is 0 Å². The van der Waals surface area contributed by atoms with Crippen LogP contribution in [0.25, 0.3) is 0 Å². The Kier molecular flexibility index (Phi) is 1.63. The Hall–Kier alpha value is -0.110. The minimum atomic E-state index is 0.882. The van der Waals surface area contributed by atoms with Crippen LogP contribution in [0, 0.1) is 0 Å². The molecule has 0 aliphatic rings. The molecule has 0 aromatic carbocycles. The molecule has 1 heterocycles. The van der Waals surface area contributed by atoms with Gasteiger partial charge >= 0.3 is 54.4 Å². The van der Waals surface area contributed by atoms with Gasteiger partial charge in [0.05, 0.1) is 0 Å². The van der Waals surface area contributed by atoms with Crippen LogP contribution >= 0.6 is 0 Å². The number of rotatable bonds is 0. The third kappa shape index (κ3) is 1.43. The summed E-state index contributed by atoms with van der Waals surface area (Å²) in [4.78, 5) is 3.89. The normalized spacial score (nSPS) is 8.86. The zero-order valence-corrected chi connectivity index (χ0v) is 5.04. The van der Waals surface area contributed by atoms with Gasteiger partial charge in [-0.15, -0.1) is 0 Å². The molecular formula is C5H4AgN. The molecule has 0 spiro atoms. The van der Waals surface area contributed by atoms with Gasteiger partial charge in [0, 0.05) is 0 Å². The molecule has 0 atom stereocenters. The van der Waals surface area contributed by atoms with Crippen LogP contribution in [0.15, 0.2) is 24.4 Å². The summed E-state index contributed by atoms with van der Waals surface area (Å²) in [6, 6.07) is 5.69. The quantitative estimate of drug-likeness (QED) is 0.529.